The highest BCUT2D eigenvalue weighted by molar-refractivity contribution is 6.50. The van der Waals surface area contributed by atoms with Crippen LogP contribution in [0, 0.1) is 29.8 Å². The van der Waals surface area contributed by atoms with Crippen molar-refractivity contribution in [3.05, 3.63) is 28.4 Å². The number of allylic oxidation sites excluding steroid dienone is 2. The van der Waals surface area contributed by atoms with Gasteiger partial charge in [0.25, 0.3) is 6.61 Å². The number of unbranched alkanes of at least 4 members (excludes halogenated alkanes) is 10. The highest BCUT2D eigenvalue weighted by atomic mass is 19.5. The van der Waals surface area contributed by atoms with E-state index in [9.17, 15) is 17.3 Å². The maximum atomic E-state index is 9.75. The summed E-state index contributed by atoms with van der Waals surface area (Å²) in [6.07, 6.45) is 25.6. The molecule has 4 atom stereocenters. The minimum atomic E-state index is -6.00. The zero-order valence-electron chi connectivity index (χ0n) is 24.4. The van der Waals surface area contributed by atoms with Gasteiger partial charge in [-0.2, -0.15) is 0 Å². The summed E-state index contributed by atoms with van der Waals surface area (Å²) in [5.41, 5.74) is 6.47. The van der Waals surface area contributed by atoms with Gasteiger partial charge in [0.15, 0.2) is 0 Å². The monoisotopic (exact) mass is 553 g/mol. The Bertz CT molecular complexity index is 841. The van der Waals surface area contributed by atoms with Crippen LogP contribution in [0.15, 0.2) is 22.3 Å². The van der Waals surface area contributed by atoms with Gasteiger partial charge in [-0.15, -0.1) is 0 Å². The van der Waals surface area contributed by atoms with Gasteiger partial charge in [-0.05, 0) is 86.2 Å². The molecular weight excluding hydrogens is 503 g/mol. The Morgan fingerprint density at radius 1 is 0.615 bits per heavy atom. The van der Waals surface area contributed by atoms with Crippen molar-refractivity contribution in [2.24, 2.45) is 23.7 Å². The van der Waals surface area contributed by atoms with Gasteiger partial charge >= 0.3 is 13.0 Å². The molecule has 39 heavy (non-hydrogen) atoms. The molecule has 0 aliphatic heterocycles. The Balaban J connectivity index is 0.000000648. The van der Waals surface area contributed by atoms with Crippen molar-refractivity contribution in [3.8, 4) is 0 Å². The van der Waals surface area contributed by atoms with E-state index in [1.54, 1.807) is 22.3 Å². The number of hydrogen-bond acceptors (Lipinski definition) is 1. The molecule has 0 aromatic heterocycles. The first kappa shape index (κ1) is 30.8. The van der Waals surface area contributed by atoms with Gasteiger partial charge in [0, 0.05) is 13.0 Å². The molecule has 2 nitrogen and oxygen atoms in total. The number of halogens is 4. The first-order valence-corrected chi connectivity index (χ1v) is 16.2. The van der Waals surface area contributed by atoms with Crippen molar-refractivity contribution in [2.75, 3.05) is 13.2 Å². The van der Waals surface area contributed by atoms with Crippen LogP contribution in [0.2, 0.25) is 0 Å². The normalized spacial score (nSPS) is 28.4. The predicted molar refractivity (Wildman–Crippen MR) is 152 cm³/mol. The maximum absolute atomic E-state index is 9.75. The number of rotatable bonds is 15. The van der Waals surface area contributed by atoms with Gasteiger partial charge in [-0.25, -0.2) is 0 Å². The summed E-state index contributed by atoms with van der Waals surface area (Å²) in [5, 5.41) is 0. The Morgan fingerprint density at radius 3 is 1.51 bits per heavy atom. The summed E-state index contributed by atoms with van der Waals surface area (Å²) in [6.45, 7) is 6.43. The molecule has 0 N–H and O–H groups in total. The van der Waals surface area contributed by atoms with Crippen molar-refractivity contribution in [1.29, 1.82) is 0 Å². The van der Waals surface area contributed by atoms with Crippen LogP contribution in [0.4, 0.5) is 17.3 Å². The lowest BCUT2D eigenvalue weighted by molar-refractivity contribution is -0.457. The largest absolute Gasteiger partial charge is 0.673 e. The molecule has 2 saturated carbocycles. The average Bonchev–Trinajstić information content (AvgIpc) is 3.69. The van der Waals surface area contributed by atoms with Crippen molar-refractivity contribution < 1.29 is 26.4 Å². The molecule has 0 aromatic carbocycles. The van der Waals surface area contributed by atoms with Crippen LogP contribution in [0.25, 0.3) is 0 Å². The van der Waals surface area contributed by atoms with E-state index < -0.39 is 7.25 Å². The van der Waals surface area contributed by atoms with Gasteiger partial charge in [0.2, 0.25) is 0 Å². The van der Waals surface area contributed by atoms with Gasteiger partial charge in [0.05, 0.1) is 11.1 Å². The SMILES string of the molecule is CCCCCCCCO[C]1C2=C(C(=[O+]CCCCCCCC)C3=C1[C@@H]1CC[C@H]3C1)[C@@H]1CC[C@H]2C1.F[B-](F)(F)F. The minimum Gasteiger partial charge on any atom is -0.418 e. The smallest absolute Gasteiger partial charge is 0.418 e. The molecule has 5 rings (SSSR count). The first-order chi connectivity index (χ1) is 18.8. The molecule has 5 aliphatic carbocycles. The molecule has 0 unspecified atom stereocenters. The van der Waals surface area contributed by atoms with Crippen LogP contribution in [0.5, 0.6) is 0 Å². The summed E-state index contributed by atoms with van der Waals surface area (Å²) in [6, 6.07) is 0. The van der Waals surface area contributed by atoms with Crippen molar-refractivity contribution in [3.63, 3.8) is 0 Å². The fourth-order valence-electron chi connectivity index (χ4n) is 7.84. The maximum Gasteiger partial charge on any atom is 0.673 e. The van der Waals surface area contributed by atoms with Gasteiger partial charge in [-0.3, -0.25) is 4.42 Å². The molecule has 4 bridgehead atoms. The second kappa shape index (κ2) is 14.7. The summed E-state index contributed by atoms with van der Waals surface area (Å²) in [5.74, 6) is 4.31. The van der Waals surface area contributed by atoms with E-state index in [1.807, 2.05) is 0 Å². The lowest BCUT2D eigenvalue weighted by atomic mass is 9.72. The number of fused-ring (bicyclic) bond motifs is 8. The number of ether oxygens (including phenoxy) is 1. The topological polar surface area (TPSA) is 20.5 Å². The van der Waals surface area contributed by atoms with Crippen molar-refractivity contribution in [1.82, 2.24) is 0 Å². The molecule has 221 valence electrons. The van der Waals surface area contributed by atoms with E-state index in [0.717, 1.165) is 36.9 Å². The second-order valence-electron chi connectivity index (χ2n) is 12.5. The number of ketones is 1. The Hall–Kier alpha value is -1.11. The molecule has 5 aliphatic rings. The lowest BCUT2D eigenvalue weighted by Gasteiger charge is -2.34. The van der Waals surface area contributed by atoms with Crippen LogP contribution in [0.3, 0.4) is 0 Å². The number of carbonyl (C=O) groups excluding carboxylic acids is 1. The fourth-order valence-corrected chi connectivity index (χ4v) is 7.84. The Kier molecular flexibility index (Phi) is 11.6. The standard InChI is InChI=1S/C32H50O2.BF4/c1-3-5-7-9-11-13-19-33-31-27-23-15-17-25(21-23)29(27)32(34-20-14-12-10-8-6-4-2)30-26-18-16-24(22-26)28(30)31;2-1(3,4)5/h23-26H,3-22H2,1-2H3;/q+1;-1/t23-,24+,25+,26-;. The molecule has 0 spiro atoms. The third kappa shape index (κ3) is 8.01. The van der Waals surface area contributed by atoms with Crippen LogP contribution in [-0.2, 0) is 9.16 Å². The van der Waals surface area contributed by atoms with Gasteiger partial charge < -0.3 is 22.0 Å². The first-order valence-electron chi connectivity index (χ1n) is 16.2. The zero-order chi connectivity index (χ0) is 27.8. The third-order valence-corrected chi connectivity index (χ3v) is 9.55. The van der Waals surface area contributed by atoms with E-state index in [1.165, 1.54) is 127 Å². The van der Waals surface area contributed by atoms with E-state index in [-0.39, 0.29) is 0 Å². The molecule has 0 saturated heterocycles. The van der Waals surface area contributed by atoms with E-state index in [2.05, 4.69) is 13.8 Å². The third-order valence-electron chi connectivity index (χ3n) is 9.55. The lowest BCUT2D eigenvalue weighted by Crippen LogP contribution is -2.31. The van der Waals surface area contributed by atoms with E-state index >= 15 is 0 Å². The molecule has 7 heteroatoms. The highest BCUT2D eigenvalue weighted by Crippen LogP contribution is 2.63. The molecule has 2 fully saturated rings. The predicted octanol–water partition coefficient (Wildman–Crippen LogP) is 10.1. The van der Waals surface area contributed by atoms with Crippen LogP contribution in [-0.4, -0.2) is 26.3 Å². The summed E-state index contributed by atoms with van der Waals surface area (Å²) in [7, 11) is -6.00. The fraction of sp³-hybridized carbons (Fsp3) is 0.812. The van der Waals surface area contributed by atoms with Gasteiger partial charge in [0.1, 0.15) is 6.10 Å². The molecule has 0 heterocycles. The summed E-state index contributed by atoms with van der Waals surface area (Å²) >= 11 is 0. The Morgan fingerprint density at radius 2 is 1.03 bits per heavy atom. The van der Waals surface area contributed by atoms with Crippen molar-refractivity contribution in [2.45, 2.75) is 129 Å². The zero-order valence-corrected chi connectivity index (χ0v) is 24.4. The number of hydrogen-bond donors (Lipinski definition) is 0. The Labute approximate surface area is 234 Å². The van der Waals surface area contributed by atoms with Gasteiger partial charge in [-0.1, -0.05) is 71.6 Å². The van der Waals surface area contributed by atoms with Crippen LogP contribution >= 0.6 is 0 Å². The van der Waals surface area contributed by atoms with E-state index in [0.29, 0.717) is 0 Å². The van der Waals surface area contributed by atoms with Crippen LogP contribution in [0.1, 0.15) is 129 Å². The summed E-state index contributed by atoms with van der Waals surface area (Å²) in [4.78, 5) is 0. The van der Waals surface area contributed by atoms with Crippen LogP contribution < -0.4 is 0 Å². The molecule has 0 amide bonds. The van der Waals surface area contributed by atoms with E-state index in [4.69, 9.17) is 9.16 Å². The quantitative estimate of drug-likeness (QED) is 0.0855. The minimum absolute atomic E-state index is 0.736. The van der Waals surface area contributed by atoms with Crippen molar-refractivity contribution >= 4 is 13.0 Å². The molecule has 0 aromatic rings. The average molecular weight is 554 g/mol. The summed E-state index contributed by atoms with van der Waals surface area (Å²) < 4.78 is 52.6. The molecule has 1 radical (unpaired) electrons. The highest BCUT2D eigenvalue weighted by Gasteiger charge is 2.58. The molecular formula is C32H50BF4O2. The second-order valence-corrected chi connectivity index (χ2v) is 12.5.